The van der Waals surface area contributed by atoms with Gasteiger partial charge in [-0.15, -0.1) is 0 Å². The SMILES string of the molecule is COCC1=C[C@@H](N[C@H]2C(C)O[C@@H](O[C@H]3C(COC)O[C@@H](O[C@H]4C(COC)OC(NC(=O)CCC(=O)CCSCCOCCSCCC(=O)CCC(=O)NC5OC(COC)[C@H](O[C@@H]6OC(COC)[C@H](O[C@@H]7OC(C)[C@H](N[C@@H]8C=C(COC)[C@H](CO)[C@H](OC)C8OC)[C@H](OC)C7OC)[C@H](OC)C6OC)[C@H](OC)C5OC)C(OC)[C@H]4OC)C(OC)[C@H]3OC)C(OC)[C@H]2OC)C(OC)[C@@H](OC)[C@H]1CO. The molecule has 16 unspecified atom stereocenters. The summed E-state index contributed by atoms with van der Waals surface area (Å²) in [4.78, 5) is 53.7. The number of aliphatic hydroxyl groups excluding tert-OH is 2. The highest BCUT2D eigenvalue weighted by molar-refractivity contribution is 7.99. The van der Waals surface area contributed by atoms with Gasteiger partial charge in [0, 0.05) is 230 Å². The number of ether oxygens (including phenoxy) is 33. The van der Waals surface area contributed by atoms with Crippen molar-refractivity contribution in [1.29, 1.82) is 0 Å². The Morgan fingerprint density at radius 3 is 0.874 bits per heavy atom. The first kappa shape index (κ1) is 117. The summed E-state index contributed by atoms with van der Waals surface area (Å²) < 4.78 is 205. The lowest BCUT2D eigenvalue weighted by Gasteiger charge is -2.51. The summed E-state index contributed by atoms with van der Waals surface area (Å²) in [6.45, 7) is 4.89. The van der Waals surface area contributed by atoms with Crippen molar-refractivity contribution in [3.8, 4) is 0 Å². The number of carbonyl (C=O) groups is 4. The van der Waals surface area contributed by atoms with Crippen molar-refractivity contribution in [3.63, 3.8) is 0 Å². The highest BCUT2D eigenvalue weighted by atomic mass is 32.2. The van der Waals surface area contributed by atoms with E-state index in [4.69, 9.17) is 156 Å². The van der Waals surface area contributed by atoms with E-state index in [0.29, 0.717) is 36.2 Å². The summed E-state index contributed by atoms with van der Waals surface area (Å²) in [5, 5.41) is 34.0. The van der Waals surface area contributed by atoms with E-state index in [2.05, 4.69) is 21.3 Å². The van der Waals surface area contributed by atoms with E-state index in [1.165, 1.54) is 85.3 Å². The van der Waals surface area contributed by atoms with Crippen molar-refractivity contribution >= 4 is 46.9 Å². The molecule has 0 aromatic rings. The minimum atomic E-state index is -1.17. The average Bonchev–Trinajstić information content (AvgIpc) is 0.776. The first-order chi connectivity index (χ1) is 65.4. The maximum absolute atomic E-state index is 13.7. The molecule has 0 aromatic heterocycles. The Kier molecular flexibility index (Phi) is 53.2. The van der Waals surface area contributed by atoms with Gasteiger partial charge in [-0.05, 0) is 25.0 Å². The van der Waals surface area contributed by atoms with Crippen LogP contribution in [0.25, 0.3) is 0 Å². The predicted octanol–water partition coefficient (Wildman–Crippen LogP) is -0.0204. The smallest absolute Gasteiger partial charge is 0.222 e. The summed E-state index contributed by atoms with van der Waals surface area (Å²) >= 11 is 3.12. The minimum Gasteiger partial charge on any atom is -0.396 e. The van der Waals surface area contributed by atoms with E-state index in [-0.39, 0.29) is 115 Å². The Hall–Kier alpha value is -3.02. The first-order valence-electron chi connectivity index (χ1n) is 45.9. The van der Waals surface area contributed by atoms with Gasteiger partial charge in [-0.1, -0.05) is 12.2 Å². The standard InChI is InChI=1S/C90H158N4O39S2/c1-47-63(91-55-37-49(41-101-3)53(39-95)65(107-9)67(55)109-11)73(111-13)81(119-21)87(124-47)130-71-59(45-105-7)128-89(83(121-23)77(71)115-17)132-69-57(43-103-5)126-85(79(117-19)75(69)113-15)93-61(99)27-25-51(97)29-33-134-35-31-123-32-36-135-34-30-52(98)26-28-62(100)94-86-80(118-20)76(114-16)70(58(127-86)44-104-6)133-90-84(122-24)78(116-18)72(60(129-90)46-106-8)131-88-82(120-22)74(112-14)64(48(2)125-88)92-56-38-50(42-102-4)54(40-96)66(108-10)68(56)110-12/h37-38,47-48,53-60,63-92,95-96H,25-36,39-46H2,1-24H3,(H,93,99)(H,94,100)/t47?,48?,53-,54-,55+,56+,57?,58?,59?,60?,63-,64-,65-,66-,67?,68?,69-,70-,71-,72-,73-,74-,75-,76-,77-,78-,79?,80?,81?,82?,83?,84?,85?,86?,87-,88-,89-,90-/m0/s1. The van der Waals surface area contributed by atoms with Gasteiger partial charge in [0.05, 0.1) is 115 Å². The Morgan fingerprint density at radius 2 is 0.593 bits per heavy atom. The quantitative estimate of drug-likeness (QED) is 0.0344. The van der Waals surface area contributed by atoms with E-state index in [1.54, 1.807) is 94.6 Å². The van der Waals surface area contributed by atoms with Crippen molar-refractivity contribution in [2.24, 2.45) is 11.8 Å². The third-order valence-electron chi connectivity index (χ3n) is 26.2. The van der Waals surface area contributed by atoms with Gasteiger partial charge in [0.1, 0.15) is 146 Å². The number of aliphatic hydroxyl groups is 2. The van der Waals surface area contributed by atoms with Gasteiger partial charge in [0.15, 0.2) is 37.6 Å². The molecule has 2 amide bonds. The second-order valence-electron chi connectivity index (χ2n) is 34.0. The summed E-state index contributed by atoms with van der Waals surface area (Å²) in [6, 6.07) is -1.82. The maximum atomic E-state index is 13.7. The van der Waals surface area contributed by atoms with Gasteiger partial charge in [-0.25, -0.2) is 0 Å². The summed E-state index contributed by atoms with van der Waals surface area (Å²) in [7, 11) is 33.8. The molecule has 0 bridgehead atoms. The Labute approximate surface area is 803 Å². The van der Waals surface area contributed by atoms with Crippen LogP contribution in [0.15, 0.2) is 23.3 Å². The fraction of sp³-hybridized carbons (Fsp3) is 0.911. The Balaban J connectivity index is 0.735. The summed E-state index contributed by atoms with van der Waals surface area (Å²) in [6.07, 6.45) is -22.9. The Morgan fingerprint density at radius 1 is 0.311 bits per heavy atom. The lowest BCUT2D eigenvalue weighted by atomic mass is 9.80. The second kappa shape index (κ2) is 61.3. The van der Waals surface area contributed by atoms with E-state index in [1.807, 2.05) is 26.0 Å². The number of carbonyl (C=O) groups excluding carboxylic acids is 4. The van der Waals surface area contributed by atoms with Crippen LogP contribution in [0, 0.1) is 11.8 Å². The van der Waals surface area contributed by atoms with Crippen LogP contribution in [-0.2, 0) is 175 Å². The van der Waals surface area contributed by atoms with E-state index in [0.717, 1.165) is 11.1 Å². The molecule has 6 aliphatic heterocycles. The molecule has 6 heterocycles. The molecule has 0 spiro atoms. The van der Waals surface area contributed by atoms with E-state index < -0.39 is 232 Å². The average molecular weight is 1980 g/mol. The number of rotatable bonds is 62. The molecule has 0 aromatic carbocycles. The molecule has 2 aliphatic carbocycles. The molecule has 0 saturated carbocycles. The van der Waals surface area contributed by atoms with Crippen LogP contribution in [0.3, 0.4) is 0 Å². The van der Waals surface area contributed by atoms with Crippen molar-refractivity contribution < 1.29 is 186 Å². The highest BCUT2D eigenvalue weighted by Crippen LogP contribution is 2.42. The van der Waals surface area contributed by atoms with Crippen LogP contribution < -0.4 is 21.3 Å². The molecular formula is C90H158N4O39S2. The predicted molar refractivity (Wildman–Crippen MR) is 485 cm³/mol. The van der Waals surface area contributed by atoms with E-state index >= 15 is 0 Å². The molecule has 8 rings (SSSR count). The molecule has 43 nitrogen and oxygen atoms in total. The van der Waals surface area contributed by atoms with Crippen molar-refractivity contribution in [2.75, 3.05) is 245 Å². The Bertz CT molecular complexity index is 3210. The molecule has 45 heteroatoms. The molecule has 0 radical (unpaired) electrons. The monoisotopic (exact) mass is 1980 g/mol. The van der Waals surface area contributed by atoms with Crippen LogP contribution in [-0.4, -0.2) is 500 Å². The number of thioether (sulfide) groups is 2. The molecule has 6 N–H and O–H groups in total. The molecular weight excluding hydrogens is 1830 g/mol. The lowest BCUT2D eigenvalue weighted by molar-refractivity contribution is -0.375. The van der Waals surface area contributed by atoms with Gasteiger partial charge < -0.3 is 188 Å². The normalized spacial score (nSPS) is 38.1. The number of ketones is 2. The third-order valence-corrected chi connectivity index (χ3v) is 28.1. The van der Waals surface area contributed by atoms with Crippen LogP contribution >= 0.6 is 23.5 Å². The number of hydrogen-bond donors (Lipinski definition) is 6. The van der Waals surface area contributed by atoms with Gasteiger partial charge in [0.2, 0.25) is 11.8 Å². The highest BCUT2D eigenvalue weighted by Gasteiger charge is 2.60. The van der Waals surface area contributed by atoms with Crippen molar-refractivity contribution in [3.05, 3.63) is 23.3 Å². The molecule has 38 atom stereocenters. The number of Topliss-reactive ketones (excluding diaryl/α,β-unsaturated/α-hetero) is 2. The largest absolute Gasteiger partial charge is 0.396 e. The van der Waals surface area contributed by atoms with Gasteiger partial charge in [-0.3, -0.25) is 19.2 Å². The maximum Gasteiger partial charge on any atom is 0.222 e. The van der Waals surface area contributed by atoms with E-state index in [9.17, 15) is 29.4 Å². The fourth-order valence-corrected chi connectivity index (χ4v) is 21.2. The molecule has 784 valence electrons. The fourth-order valence-electron chi connectivity index (χ4n) is 19.6. The van der Waals surface area contributed by atoms with Crippen LogP contribution in [0.2, 0.25) is 0 Å². The van der Waals surface area contributed by atoms with Crippen molar-refractivity contribution in [2.45, 2.75) is 273 Å². The van der Waals surface area contributed by atoms with Gasteiger partial charge >= 0.3 is 0 Å². The van der Waals surface area contributed by atoms with Gasteiger partial charge in [0.25, 0.3) is 0 Å². The zero-order valence-corrected chi connectivity index (χ0v) is 84.7. The van der Waals surface area contributed by atoms with Crippen LogP contribution in [0.4, 0.5) is 0 Å². The molecule has 6 fully saturated rings. The minimum absolute atomic E-state index is 0.00650. The zero-order valence-electron chi connectivity index (χ0n) is 83.1. The number of methoxy groups -OCH3 is 22. The molecule has 6 saturated heterocycles. The zero-order chi connectivity index (χ0) is 98.5. The van der Waals surface area contributed by atoms with Gasteiger partial charge in [-0.2, -0.15) is 23.5 Å². The number of amides is 2. The third kappa shape index (κ3) is 30.6. The summed E-state index contributed by atoms with van der Waals surface area (Å²) in [5.41, 5.74) is 1.71. The van der Waals surface area contributed by atoms with Crippen molar-refractivity contribution in [1.82, 2.24) is 21.3 Å². The summed E-state index contributed by atoms with van der Waals surface area (Å²) in [5.74, 6) is 0.545. The first-order valence-corrected chi connectivity index (χ1v) is 48.2. The van der Waals surface area contributed by atoms with Crippen LogP contribution in [0.5, 0.6) is 0 Å². The number of hydrogen-bond acceptors (Lipinski definition) is 43. The van der Waals surface area contributed by atoms with Crippen LogP contribution in [0.1, 0.15) is 52.4 Å². The molecule has 135 heavy (non-hydrogen) atoms. The topological polar surface area (TPSA) is 461 Å². The molecule has 8 aliphatic rings. The second-order valence-corrected chi connectivity index (χ2v) is 36.5. The lowest BCUT2D eigenvalue weighted by Crippen LogP contribution is -2.69. The number of nitrogens with one attached hydrogen (secondary N) is 4.